The van der Waals surface area contributed by atoms with Crippen molar-refractivity contribution in [1.82, 2.24) is 0 Å². The molecule has 0 aliphatic heterocycles. The van der Waals surface area contributed by atoms with E-state index < -0.39 is 0 Å². The fraction of sp³-hybridized carbons (Fsp3) is 0.312. The number of benzene rings is 1. The number of hydrogen-bond donors (Lipinski definition) is 1. The number of carbonyl (C=O) groups excluding carboxylic acids is 1. The Hall–Kier alpha value is -2.01. The third-order valence-corrected chi connectivity index (χ3v) is 3.77. The van der Waals surface area contributed by atoms with Crippen molar-refractivity contribution in [1.29, 1.82) is 0 Å². The van der Waals surface area contributed by atoms with Crippen LogP contribution in [-0.4, -0.2) is 19.1 Å². The van der Waals surface area contributed by atoms with Crippen LogP contribution >= 0.6 is 11.3 Å². The van der Waals surface area contributed by atoms with Gasteiger partial charge in [-0.3, -0.25) is 4.79 Å². The molecule has 1 N–H and O–H groups in total. The molecule has 0 atom stereocenters. The summed E-state index contributed by atoms with van der Waals surface area (Å²) in [6.45, 7) is 6.91. The lowest BCUT2D eigenvalue weighted by Gasteiger charge is -2.13. The maximum Gasteiger partial charge on any atom is 0.265 e. The van der Waals surface area contributed by atoms with Crippen molar-refractivity contribution in [2.75, 3.05) is 18.5 Å². The molecule has 0 saturated carbocycles. The fourth-order valence-electron chi connectivity index (χ4n) is 1.89. The summed E-state index contributed by atoms with van der Waals surface area (Å²) in [5.41, 5.74) is 0.624. The van der Waals surface area contributed by atoms with Crippen LogP contribution in [0.15, 0.2) is 30.3 Å². The Morgan fingerprint density at radius 1 is 1.14 bits per heavy atom. The van der Waals surface area contributed by atoms with Crippen LogP contribution in [0.4, 0.5) is 5.69 Å². The smallest absolute Gasteiger partial charge is 0.265 e. The Morgan fingerprint density at radius 3 is 2.52 bits per heavy atom. The molecule has 0 fully saturated rings. The Balaban J connectivity index is 2.23. The van der Waals surface area contributed by atoms with Crippen LogP contribution in [0.2, 0.25) is 0 Å². The minimum atomic E-state index is -0.136. The number of anilines is 1. The van der Waals surface area contributed by atoms with Gasteiger partial charge in [0.1, 0.15) is 11.5 Å². The predicted molar refractivity (Wildman–Crippen MR) is 85.8 cm³/mol. The average molecular weight is 305 g/mol. The highest BCUT2D eigenvalue weighted by Gasteiger charge is 2.12. The molecular formula is C16H19NO3S. The Kier molecular flexibility index (Phi) is 5.22. The van der Waals surface area contributed by atoms with Gasteiger partial charge in [-0.05, 0) is 45.0 Å². The first-order valence-electron chi connectivity index (χ1n) is 6.91. The van der Waals surface area contributed by atoms with Gasteiger partial charge in [0.2, 0.25) is 0 Å². The molecule has 0 bridgehead atoms. The maximum absolute atomic E-state index is 12.3. The molecule has 112 valence electrons. The van der Waals surface area contributed by atoms with E-state index in [1.807, 2.05) is 45.0 Å². The van der Waals surface area contributed by atoms with E-state index >= 15 is 0 Å². The zero-order valence-electron chi connectivity index (χ0n) is 12.4. The molecule has 5 heteroatoms. The van der Waals surface area contributed by atoms with E-state index in [9.17, 15) is 4.79 Å². The quantitative estimate of drug-likeness (QED) is 0.874. The first-order valence-corrected chi connectivity index (χ1v) is 7.73. The van der Waals surface area contributed by atoms with E-state index in [1.165, 1.54) is 11.3 Å². The number of ether oxygens (including phenoxy) is 2. The standard InChI is InChI=1S/C16H19NO3S/c1-4-19-12-7-8-14(20-5-2)13(10-12)17-16(18)15-9-6-11(3)21-15/h6-10H,4-5H2,1-3H3,(H,17,18). The Morgan fingerprint density at radius 2 is 1.90 bits per heavy atom. The van der Waals surface area contributed by atoms with Gasteiger partial charge in [0.15, 0.2) is 0 Å². The molecule has 0 spiro atoms. The molecule has 1 aromatic heterocycles. The molecule has 1 aromatic carbocycles. The highest BCUT2D eigenvalue weighted by atomic mass is 32.1. The molecule has 4 nitrogen and oxygen atoms in total. The van der Waals surface area contributed by atoms with Crippen molar-refractivity contribution in [3.8, 4) is 11.5 Å². The van der Waals surface area contributed by atoms with Gasteiger partial charge in [-0.1, -0.05) is 0 Å². The van der Waals surface area contributed by atoms with Crippen LogP contribution in [0, 0.1) is 6.92 Å². The van der Waals surface area contributed by atoms with Crippen LogP contribution in [0.3, 0.4) is 0 Å². The molecule has 0 radical (unpaired) electrons. The average Bonchev–Trinajstić information content (AvgIpc) is 2.89. The normalized spacial score (nSPS) is 10.2. The maximum atomic E-state index is 12.3. The molecule has 0 aliphatic rings. The van der Waals surface area contributed by atoms with Crippen molar-refractivity contribution in [3.05, 3.63) is 40.1 Å². The summed E-state index contributed by atoms with van der Waals surface area (Å²) < 4.78 is 11.0. The van der Waals surface area contributed by atoms with Crippen molar-refractivity contribution < 1.29 is 14.3 Å². The second-order valence-electron chi connectivity index (χ2n) is 4.39. The lowest BCUT2D eigenvalue weighted by molar-refractivity contribution is 0.103. The van der Waals surface area contributed by atoms with E-state index in [1.54, 1.807) is 6.07 Å². The zero-order chi connectivity index (χ0) is 15.2. The first-order chi connectivity index (χ1) is 10.1. The van der Waals surface area contributed by atoms with E-state index in [0.29, 0.717) is 35.3 Å². The lowest BCUT2D eigenvalue weighted by atomic mass is 10.2. The number of nitrogens with one attached hydrogen (secondary N) is 1. The second-order valence-corrected chi connectivity index (χ2v) is 5.68. The van der Waals surface area contributed by atoms with Crippen molar-refractivity contribution in [3.63, 3.8) is 0 Å². The largest absolute Gasteiger partial charge is 0.494 e. The van der Waals surface area contributed by atoms with Gasteiger partial charge >= 0.3 is 0 Å². The monoisotopic (exact) mass is 305 g/mol. The van der Waals surface area contributed by atoms with Crippen LogP contribution in [0.1, 0.15) is 28.4 Å². The number of thiophene rings is 1. The van der Waals surface area contributed by atoms with E-state index in [0.717, 1.165) is 4.88 Å². The number of hydrogen-bond acceptors (Lipinski definition) is 4. The number of amides is 1. The number of rotatable bonds is 6. The van der Waals surface area contributed by atoms with Crippen molar-refractivity contribution in [2.45, 2.75) is 20.8 Å². The molecule has 0 aliphatic carbocycles. The summed E-state index contributed by atoms with van der Waals surface area (Å²) in [6.07, 6.45) is 0. The highest BCUT2D eigenvalue weighted by Crippen LogP contribution is 2.30. The summed E-state index contributed by atoms with van der Waals surface area (Å²) in [4.78, 5) is 14.0. The van der Waals surface area contributed by atoms with Gasteiger partial charge in [-0.25, -0.2) is 0 Å². The fourth-order valence-corrected chi connectivity index (χ4v) is 2.65. The summed E-state index contributed by atoms with van der Waals surface area (Å²) >= 11 is 1.46. The van der Waals surface area contributed by atoms with Crippen LogP contribution < -0.4 is 14.8 Å². The minimum absolute atomic E-state index is 0.136. The summed E-state index contributed by atoms with van der Waals surface area (Å²) in [5, 5.41) is 2.89. The molecule has 0 unspecified atom stereocenters. The van der Waals surface area contributed by atoms with Gasteiger partial charge in [-0.2, -0.15) is 0 Å². The number of carbonyl (C=O) groups is 1. The first kappa shape index (κ1) is 15.4. The molecule has 1 amide bonds. The van der Waals surface area contributed by atoms with E-state index in [4.69, 9.17) is 9.47 Å². The van der Waals surface area contributed by atoms with E-state index in [-0.39, 0.29) is 5.91 Å². The third-order valence-electron chi connectivity index (χ3n) is 2.77. The van der Waals surface area contributed by atoms with Crippen molar-refractivity contribution >= 4 is 22.9 Å². The van der Waals surface area contributed by atoms with Gasteiger partial charge in [-0.15, -0.1) is 11.3 Å². The van der Waals surface area contributed by atoms with Gasteiger partial charge < -0.3 is 14.8 Å². The Bertz CT molecular complexity index is 622. The highest BCUT2D eigenvalue weighted by molar-refractivity contribution is 7.14. The van der Waals surface area contributed by atoms with Crippen LogP contribution in [-0.2, 0) is 0 Å². The van der Waals surface area contributed by atoms with Gasteiger partial charge in [0.25, 0.3) is 5.91 Å². The molecular weight excluding hydrogens is 286 g/mol. The molecule has 2 rings (SSSR count). The topological polar surface area (TPSA) is 47.6 Å². The predicted octanol–water partition coefficient (Wildman–Crippen LogP) is 4.11. The van der Waals surface area contributed by atoms with Crippen LogP contribution in [0.5, 0.6) is 11.5 Å². The van der Waals surface area contributed by atoms with Gasteiger partial charge in [0, 0.05) is 10.9 Å². The second kappa shape index (κ2) is 7.13. The summed E-state index contributed by atoms with van der Waals surface area (Å²) in [5.74, 6) is 1.21. The van der Waals surface area contributed by atoms with Crippen molar-refractivity contribution in [2.24, 2.45) is 0 Å². The molecule has 1 heterocycles. The SMILES string of the molecule is CCOc1ccc(OCC)c(NC(=O)c2ccc(C)s2)c1. The third kappa shape index (κ3) is 3.98. The van der Waals surface area contributed by atoms with Crippen LogP contribution in [0.25, 0.3) is 0 Å². The molecule has 2 aromatic rings. The number of aryl methyl sites for hydroxylation is 1. The summed E-state index contributed by atoms with van der Waals surface area (Å²) in [7, 11) is 0. The Labute approximate surface area is 128 Å². The summed E-state index contributed by atoms with van der Waals surface area (Å²) in [6, 6.07) is 9.18. The zero-order valence-corrected chi connectivity index (χ0v) is 13.3. The molecule has 0 saturated heterocycles. The minimum Gasteiger partial charge on any atom is -0.494 e. The van der Waals surface area contributed by atoms with E-state index in [2.05, 4.69) is 5.32 Å². The van der Waals surface area contributed by atoms with Gasteiger partial charge in [0.05, 0.1) is 23.8 Å². The molecule has 21 heavy (non-hydrogen) atoms. The lowest BCUT2D eigenvalue weighted by Crippen LogP contribution is -2.11.